The lowest BCUT2D eigenvalue weighted by Crippen LogP contribution is -2.33. The minimum Gasteiger partial charge on any atom is -0.382 e. The van der Waals surface area contributed by atoms with Gasteiger partial charge in [-0.25, -0.2) is 0 Å². The van der Waals surface area contributed by atoms with Crippen LogP contribution in [0.3, 0.4) is 0 Å². The molecule has 0 radical (unpaired) electrons. The number of para-hydroxylation sites is 2. The van der Waals surface area contributed by atoms with Gasteiger partial charge < -0.3 is 10.2 Å². The summed E-state index contributed by atoms with van der Waals surface area (Å²) in [5.74, 6) is 0.601. The normalized spacial score (nSPS) is 14.1. The third-order valence-electron chi connectivity index (χ3n) is 3.96. The Kier molecular flexibility index (Phi) is 3.64. The average molecular weight is 266 g/mol. The van der Waals surface area contributed by atoms with Crippen molar-refractivity contribution in [3.05, 3.63) is 59.7 Å². The van der Waals surface area contributed by atoms with E-state index in [0.717, 1.165) is 19.6 Å². The summed E-state index contributed by atoms with van der Waals surface area (Å²) in [7, 11) is 0. The second-order valence-corrected chi connectivity index (χ2v) is 5.76. The Hall–Kier alpha value is -1.96. The smallest absolute Gasteiger partial charge is 0.0605 e. The fourth-order valence-electron chi connectivity index (χ4n) is 2.74. The summed E-state index contributed by atoms with van der Waals surface area (Å²) in [4.78, 5) is 2.45. The molecule has 0 bridgehead atoms. The Morgan fingerprint density at radius 1 is 1.05 bits per heavy atom. The largest absolute Gasteiger partial charge is 0.382 e. The topological polar surface area (TPSA) is 15.3 Å². The standard InChI is InChI=1S/C18H22N2/c1-14(2)16-9-7-15(8-10-16)13-20-12-11-19-17-5-3-4-6-18(17)20/h3-10,14,19H,11-13H2,1-2H3. The van der Waals surface area contributed by atoms with E-state index in [1.165, 1.54) is 22.5 Å². The van der Waals surface area contributed by atoms with Crippen LogP contribution >= 0.6 is 0 Å². The molecule has 0 saturated carbocycles. The van der Waals surface area contributed by atoms with Crippen LogP contribution in [0.1, 0.15) is 30.9 Å². The van der Waals surface area contributed by atoms with Crippen molar-refractivity contribution in [1.29, 1.82) is 0 Å². The minimum absolute atomic E-state index is 0.601. The summed E-state index contributed by atoms with van der Waals surface area (Å²) in [6.07, 6.45) is 0. The van der Waals surface area contributed by atoms with Gasteiger partial charge in [-0.3, -0.25) is 0 Å². The molecule has 0 aliphatic carbocycles. The van der Waals surface area contributed by atoms with Gasteiger partial charge >= 0.3 is 0 Å². The van der Waals surface area contributed by atoms with Crippen LogP contribution < -0.4 is 10.2 Å². The molecule has 0 atom stereocenters. The lowest BCUT2D eigenvalue weighted by molar-refractivity contribution is 0.785. The van der Waals surface area contributed by atoms with Crippen LogP contribution in [0.25, 0.3) is 0 Å². The molecule has 104 valence electrons. The molecule has 0 unspecified atom stereocenters. The molecule has 0 aromatic heterocycles. The van der Waals surface area contributed by atoms with E-state index in [-0.39, 0.29) is 0 Å². The Morgan fingerprint density at radius 3 is 2.55 bits per heavy atom. The summed E-state index contributed by atoms with van der Waals surface area (Å²) < 4.78 is 0. The SMILES string of the molecule is CC(C)c1ccc(CN2CCNc3ccccc32)cc1. The molecule has 2 heteroatoms. The van der Waals surface area contributed by atoms with Gasteiger partial charge in [-0.05, 0) is 29.2 Å². The molecule has 1 heterocycles. The molecule has 2 aromatic carbocycles. The zero-order valence-electron chi connectivity index (χ0n) is 12.3. The highest BCUT2D eigenvalue weighted by molar-refractivity contribution is 5.71. The van der Waals surface area contributed by atoms with Gasteiger partial charge in [0.15, 0.2) is 0 Å². The van der Waals surface area contributed by atoms with Gasteiger partial charge in [0.05, 0.1) is 11.4 Å². The van der Waals surface area contributed by atoms with Gasteiger partial charge in [0, 0.05) is 19.6 Å². The molecule has 0 saturated heterocycles. The van der Waals surface area contributed by atoms with Gasteiger partial charge in [0.1, 0.15) is 0 Å². The number of fused-ring (bicyclic) bond motifs is 1. The van der Waals surface area contributed by atoms with Crippen LogP contribution in [0.2, 0.25) is 0 Å². The first kappa shape index (κ1) is 13.0. The molecule has 2 aromatic rings. The molecule has 1 aliphatic rings. The molecule has 0 spiro atoms. The van der Waals surface area contributed by atoms with Crippen molar-refractivity contribution in [2.75, 3.05) is 23.3 Å². The number of hydrogen-bond donors (Lipinski definition) is 1. The first-order valence-corrected chi connectivity index (χ1v) is 7.41. The van der Waals surface area contributed by atoms with Crippen LogP contribution in [0.15, 0.2) is 48.5 Å². The Bertz CT molecular complexity index is 572. The van der Waals surface area contributed by atoms with E-state index in [9.17, 15) is 0 Å². The highest BCUT2D eigenvalue weighted by atomic mass is 15.2. The van der Waals surface area contributed by atoms with E-state index in [1.54, 1.807) is 0 Å². The van der Waals surface area contributed by atoms with E-state index < -0.39 is 0 Å². The number of hydrogen-bond acceptors (Lipinski definition) is 2. The maximum atomic E-state index is 3.46. The van der Waals surface area contributed by atoms with Crippen molar-refractivity contribution in [2.24, 2.45) is 0 Å². The second kappa shape index (κ2) is 5.58. The third-order valence-corrected chi connectivity index (χ3v) is 3.96. The monoisotopic (exact) mass is 266 g/mol. The predicted molar refractivity (Wildman–Crippen MR) is 86.5 cm³/mol. The maximum absolute atomic E-state index is 3.46. The summed E-state index contributed by atoms with van der Waals surface area (Å²) >= 11 is 0. The van der Waals surface area contributed by atoms with Crippen LogP contribution in [0.4, 0.5) is 11.4 Å². The lowest BCUT2D eigenvalue weighted by Gasteiger charge is -2.32. The minimum atomic E-state index is 0.601. The van der Waals surface area contributed by atoms with Crippen molar-refractivity contribution in [1.82, 2.24) is 0 Å². The Morgan fingerprint density at radius 2 is 1.80 bits per heavy atom. The van der Waals surface area contributed by atoms with Gasteiger partial charge in [-0.1, -0.05) is 50.2 Å². The molecule has 1 N–H and O–H groups in total. The van der Waals surface area contributed by atoms with Crippen LogP contribution in [-0.2, 0) is 6.54 Å². The first-order chi connectivity index (χ1) is 9.74. The number of nitrogens with one attached hydrogen (secondary N) is 1. The van der Waals surface area contributed by atoms with E-state index in [1.807, 2.05) is 0 Å². The molecule has 20 heavy (non-hydrogen) atoms. The van der Waals surface area contributed by atoms with Crippen LogP contribution in [0, 0.1) is 0 Å². The molecule has 1 aliphatic heterocycles. The van der Waals surface area contributed by atoms with E-state index in [0.29, 0.717) is 5.92 Å². The second-order valence-electron chi connectivity index (χ2n) is 5.76. The van der Waals surface area contributed by atoms with Gasteiger partial charge in [0.2, 0.25) is 0 Å². The highest BCUT2D eigenvalue weighted by Gasteiger charge is 2.15. The van der Waals surface area contributed by atoms with E-state index in [2.05, 4.69) is 72.6 Å². The summed E-state index contributed by atoms with van der Waals surface area (Å²) in [6.45, 7) is 7.53. The van der Waals surface area contributed by atoms with Crippen molar-refractivity contribution in [3.63, 3.8) is 0 Å². The highest BCUT2D eigenvalue weighted by Crippen LogP contribution is 2.29. The first-order valence-electron chi connectivity index (χ1n) is 7.41. The third kappa shape index (κ3) is 2.64. The number of anilines is 2. The van der Waals surface area contributed by atoms with Crippen molar-refractivity contribution >= 4 is 11.4 Å². The quantitative estimate of drug-likeness (QED) is 0.893. The van der Waals surface area contributed by atoms with E-state index >= 15 is 0 Å². The van der Waals surface area contributed by atoms with Crippen LogP contribution in [0.5, 0.6) is 0 Å². The molecule has 3 rings (SSSR count). The molecular formula is C18H22N2. The summed E-state index contributed by atoms with van der Waals surface area (Å²) in [6, 6.07) is 17.6. The summed E-state index contributed by atoms with van der Waals surface area (Å²) in [5.41, 5.74) is 5.35. The molecule has 2 nitrogen and oxygen atoms in total. The molecular weight excluding hydrogens is 244 g/mol. The van der Waals surface area contributed by atoms with Gasteiger partial charge in [0.25, 0.3) is 0 Å². The maximum Gasteiger partial charge on any atom is 0.0605 e. The zero-order valence-corrected chi connectivity index (χ0v) is 12.3. The molecule has 0 amide bonds. The van der Waals surface area contributed by atoms with Gasteiger partial charge in [-0.2, -0.15) is 0 Å². The predicted octanol–water partition coefficient (Wildman–Crippen LogP) is 4.24. The fourth-order valence-corrected chi connectivity index (χ4v) is 2.74. The van der Waals surface area contributed by atoms with Crippen molar-refractivity contribution in [2.45, 2.75) is 26.3 Å². The number of rotatable bonds is 3. The fraction of sp³-hybridized carbons (Fsp3) is 0.333. The number of benzene rings is 2. The lowest BCUT2D eigenvalue weighted by atomic mass is 10.0. The summed E-state index contributed by atoms with van der Waals surface area (Å²) in [5, 5.41) is 3.46. The van der Waals surface area contributed by atoms with Crippen molar-refractivity contribution in [3.8, 4) is 0 Å². The average Bonchev–Trinajstić information content (AvgIpc) is 2.48. The van der Waals surface area contributed by atoms with Crippen molar-refractivity contribution < 1.29 is 0 Å². The molecule has 0 fully saturated rings. The number of nitrogens with zero attached hydrogens (tertiary/aromatic N) is 1. The zero-order chi connectivity index (χ0) is 13.9. The van der Waals surface area contributed by atoms with Crippen LogP contribution in [-0.4, -0.2) is 13.1 Å². The van der Waals surface area contributed by atoms with Gasteiger partial charge in [-0.15, -0.1) is 0 Å². The van der Waals surface area contributed by atoms with E-state index in [4.69, 9.17) is 0 Å². The Labute approximate surface area is 121 Å². The Balaban J connectivity index is 1.78.